The van der Waals surface area contributed by atoms with Gasteiger partial charge in [-0.05, 0) is 61.0 Å². The Morgan fingerprint density at radius 2 is 1.43 bits per heavy atom. The van der Waals surface area contributed by atoms with E-state index in [1.807, 2.05) is 19.1 Å². The van der Waals surface area contributed by atoms with Crippen LogP contribution in [0.3, 0.4) is 0 Å². The molecule has 0 saturated heterocycles. The second kappa shape index (κ2) is 8.14. The van der Waals surface area contributed by atoms with Crippen LogP contribution < -0.4 is 0 Å². The van der Waals surface area contributed by atoms with Crippen molar-refractivity contribution >= 4 is 17.7 Å². The summed E-state index contributed by atoms with van der Waals surface area (Å²) in [6.45, 7) is 13.7. The smallest absolute Gasteiger partial charge is 0.317 e. The summed E-state index contributed by atoms with van der Waals surface area (Å²) >= 11 is 0. The minimum atomic E-state index is -1.66. The molecule has 0 heterocycles. The van der Waals surface area contributed by atoms with Gasteiger partial charge >= 0.3 is 11.9 Å². The second-order valence-corrected chi connectivity index (χ2v) is 10.5. The molecule has 1 fully saturated rings. The molecular formula is C24H34O6. The molecule has 0 spiro atoms. The Bertz CT molecular complexity index is 808. The van der Waals surface area contributed by atoms with Gasteiger partial charge in [0.05, 0.1) is 11.5 Å². The molecule has 1 aliphatic rings. The molecule has 1 N–H and O–H groups in total. The van der Waals surface area contributed by atoms with Gasteiger partial charge in [0.15, 0.2) is 5.78 Å². The Balaban J connectivity index is 2.62. The van der Waals surface area contributed by atoms with Gasteiger partial charge in [0.1, 0.15) is 17.1 Å². The summed E-state index contributed by atoms with van der Waals surface area (Å²) in [5.41, 5.74) is -1.63. The van der Waals surface area contributed by atoms with Crippen LogP contribution in [0.1, 0.15) is 71.9 Å². The molecule has 1 saturated carbocycles. The van der Waals surface area contributed by atoms with Crippen molar-refractivity contribution in [2.45, 2.75) is 84.5 Å². The zero-order chi connectivity index (χ0) is 23.1. The first-order valence-corrected chi connectivity index (χ1v) is 10.3. The number of carbonyl (C=O) groups excluding carboxylic acids is 3. The molecule has 0 unspecified atom stereocenters. The summed E-state index contributed by atoms with van der Waals surface area (Å²) in [6, 6.07) is 7.26. The van der Waals surface area contributed by atoms with E-state index in [2.05, 4.69) is 0 Å². The fourth-order valence-electron chi connectivity index (χ4n) is 3.93. The number of aryl methyl sites for hydroxylation is 1. The molecule has 6 heteroatoms. The average molecular weight is 419 g/mol. The van der Waals surface area contributed by atoms with E-state index < -0.39 is 52.3 Å². The lowest BCUT2D eigenvalue weighted by Gasteiger charge is -2.44. The van der Waals surface area contributed by atoms with Crippen molar-refractivity contribution in [1.29, 1.82) is 0 Å². The van der Waals surface area contributed by atoms with Gasteiger partial charge in [-0.25, -0.2) is 0 Å². The highest BCUT2D eigenvalue weighted by atomic mass is 16.6. The van der Waals surface area contributed by atoms with Crippen LogP contribution in [0.5, 0.6) is 0 Å². The van der Waals surface area contributed by atoms with Gasteiger partial charge in [0.2, 0.25) is 0 Å². The molecule has 6 nitrogen and oxygen atoms in total. The first kappa shape index (κ1) is 24.1. The molecule has 1 aromatic rings. The van der Waals surface area contributed by atoms with Crippen LogP contribution in [0.25, 0.3) is 0 Å². The standard InChI is InChI=1S/C24H34O6/c1-14-9-11-15(12-10-14)17-18(20(26)29-22(2,3)4)16(25)13-24(8,28)19(17)21(27)30-23(5,6)7/h9-12,17-19,28H,13H2,1-8H3/t17-,18-,19-,24+/m1/s1. The molecule has 30 heavy (non-hydrogen) atoms. The number of hydrogen-bond donors (Lipinski definition) is 1. The number of aliphatic hydroxyl groups is 1. The Morgan fingerprint density at radius 3 is 1.90 bits per heavy atom. The molecule has 166 valence electrons. The second-order valence-electron chi connectivity index (χ2n) is 10.5. The lowest BCUT2D eigenvalue weighted by Crippen LogP contribution is -2.56. The number of ketones is 1. The van der Waals surface area contributed by atoms with E-state index >= 15 is 0 Å². The van der Waals surface area contributed by atoms with Crippen molar-refractivity contribution in [3.8, 4) is 0 Å². The van der Waals surface area contributed by atoms with E-state index in [9.17, 15) is 19.5 Å². The first-order chi connectivity index (χ1) is 13.5. The highest BCUT2D eigenvalue weighted by Gasteiger charge is 2.57. The van der Waals surface area contributed by atoms with Crippen LogP contribution in [0.15, 0.2) is 24.3 Å². The van der Waals surface area contributed by atoms with Crippen LogP contribution in [0.4, 0.5) is 0 Å². The molecule has 0 amide bonds. The van der Waals surface area contributed by atoms with Crippen molar-refractivity contribution in [3.05, 3.63) is 35.4 Å². The summed E-state index contributed by atoms with van der Waals surface area (Å²) in [4.78, 5) is 39.3. The van der Waals surface area contributed by atoms with Crippen molar-refractivity contribution in [3.63, 3.8) is 0 Å². The van der Waals surface area contributed by atoms with E-state index in [0.717, 1.165) is 5.56 Å². The summed E-state index contributed by atoms with van der Waals surface area (Å²) in [7, 11) is 0. The zero-order valence-corrected chi connectivity index (χ0v) is 19.2. The van der Waals surface area contributed by atoms with Crippen LogP contribution in [0, 0.1) is 18.8 Å². The minimum Gasteiger partial charge on any atom is -0.460 e. The average Bonchev–Trinajstić information content (AvgIpc) is 2.50. The number of Topliss-reactive ketones (excluding diaryl/α,β-unsaturated/α-hetero) is 1. The third kappa shape index (κ3) is 5.69. The molecular weight excluding hydrogens is 384 g/mol. The molecule has 0 radical (unpaired) electrons. The van der Waals surface area contributed by atoms with E-state index in [1.165, 1.54) is 6.92 Å². The van der Waals surface area contributed by atoms with Gasteiger partial charge in [-0.3, -0.25) is 14.4 Å². The number of hydrogen-bond acceptors (Lipinski definition) is 6. The minimum absolute atomic E-state index is 0.330. The van der Waals surface area contributed by atoms with Gasteiger partial charge < -0.3 is 14.6 Å². The van der Waals surface area contributed by atoms with Crippen molar-refractivity contribution < 1.29 is 29.0 Å². The predicted molar refractivity (Wildman–Crippen MR) is 113 cm³/mol. The Morgan fingerprint density at radius 1 is 0.967 bits per heavy atom. The van der Waals surface area contributed by atoms with Crippen molar-refractivity contribution in [2.75, 3.05) is 0 Å². The molecule has 0 bridgehead atoms. The first-order valence-electron chi connectivity index (χ1n) is 10.3. The lowest BCUT2D eigenvalue weighted by molar-refractivity contribution is -0.182. The van der Waals surface area contributed by atoms with Crippen LogP contribution in [0.2, 0.25) is 0 Å². The van der Waals surface area contributed by atoms with Gasteiger partial charge in [0.25, 0.3) is 0 Å². The van der Waals surface area contributed by atoms with Gasteiger partial charge in [-0.15, -0.1) is 0 Å². The van der Waals surface area contributed by atoms with E-state index in [4.69, 9.17) is 9.47 Å². The third-order valence-corrected chi connectivity index (χ3v) is 5.05. The normalized spacial score (nSPS) is 27.5. The Kier molecular flexibility index (Phi) is 6.53. The summed E-state index contributed by atoms with van der Waals surface area (Å²) < 4.78 is 11.1. The van der Waals surface area contributed by atoms with E-state index in [-0.39, 0.29) is 6.42 Å². The highest BCUT2D eigenvalue weighted by Crippen LogP contribution is 2.47. The van der Waals surface area contributed by atoms with Crippen LogP contribution >= 0.6 is 0 Å². The molecule has 1 aromatic carbocycles. The SMILES string of the molecule is Cc1ccc([C@@H]2[C@H](C(=O)OC(C)(C)C)C(=O)C[C@](C)(O)[C@H]2C(=O)OC(C)(C)C)cc1. The summed E-state index contributed by atoms with van der Waals surface area (Å²) in [5.74, 6) is -4.98. The number of benzene rings is 1. The molecule has 1 aliphatic carbocycles. The summed E-state index contributed by atoms with van der Waals surface area (Å²) in [5, 5.41) is 11.1. The van der Waals surface area contributed by atoms with Gasteiger partial charge in [-0.2, -0.15) is 0 Å². The van der Waals surface area contributed by atoms with E-state index in [1.54, 1.807) is 53.7 Å². The quantitative estimate of drug-likeness (QED) is 0.594. The van der Waals surface area contributed by atoms with Gasteiger partial charge in [0, 0.05) is 12.3 Å². The molecule has 4 atom stereocenters. The lowest BCUT2D eigenvalue weighted by atomic mass is 9.61. The number of carbonyl (C=O) groups is 3. The molecule has 0 aliphatic heterocycles. The fraction of sp³-hybridized carbons (Fsp3) is 0.625. The third-order valence-electron chi connectivity index (χ3n) is 5.05. The Labute approximate surface area is 179 Å². The number of ether oxygens (including phenoxy) is 2. The van der Waals surface area contributed by atoms with Gasteiger partial charge in [-0.1, -0.05) is 29.8 Å². The van der Waals surface area contributed by atoms with E-state index in [0.29, 0.717) is 5.56 Å². The summed E-state index contributed by atoms with van der Waals surface area (Å²) in [6.07, 6.45) is -0.330. The largest absolute Gasteiger partial charge is 0.460 e. The molecule has 0 aromatic heterocycles. The predicted octanol–water partition coefficient (Wildman–Crippen LogP) is 3.72. The van der Waals surface area contributed by atoms with Crippen LogP contribution in [-0.4, -0.2) is 39.6 Å². The number of esters is 2. The zero-order valence-electron chi connectivity index (χ0n) is 19.2. The van der Waals surface area contributed by atoms with Crippen LogP contribution in [-0.2, 0) is 23.9 Å². The maximum absolute atomic E-state index is 13.2. The Hall–Kier alpha value is -2.21. The maximum Gasteiger partial charge on any atom is 0.317 e. The molecule has 2 rings (SSSR count). The highest BCUT2D eigenvalue weighted by molar-refractivity contribution is 6.03. The topological polar surface area (TPSA) is 89.9 Å². The monoisotopic (exact) mass is 418 g/mol. The fourth-order valence-corrected chi connectivity index (χ4v) is 3.93. The van der Waals surface area contributed by atoms with Crippen molar-refractivity contribution in [1.82, 2.24) is 0 Å². The number of rotatable bonds is 3. The maximum atomic E-state index is 13.2. The van der Waals surface area contributed by atoms with Crippen molar-refractivity contribution in [2.24, 2.45) is 11.8 Å².